The zero-order valence-electron chi connectivity index (χ0n) is 16.1. The van der Waals surface area contributed by atoms with E-state index in [2.05, 4.69) is 31.3 Å². The van der Waals surface area contributed by atoms with E-state index in [0.717, 1.165) is 23.3 Å². The number of pyridine rings is 1. The molecule has 6 heteroatoms. The first kappa shape index (κ1) is 20.1. The van der Waals surface area contributed by atoms with Crippen LogP contribution in [0.1, 0.15) is 59.0 Å². The van der Waals surface area contributed by atoms with Crippen LogP contribution >= 0.6 is 11.3 Å². The van der Waals surface area contributed by atoms with Gasteiger partial charge in [-0.05, 0) is 43.7 Å². The molecule has 0 saturated carbocycles. The van der Waals surface area contributed by atoms with Crippen LogP contribution in [0.25, 0.3) is 0 Å². The standard InChI is InChI=1S/C20H26N2O3S/c1-6-15(7-2)16-8-10-22(11-9-16)12-17(23)21-19-18(20(24)25-5)13(3)14(4)26-19/h8-11,15H,6-7,12H2,1-5H3/p+1. The van der Waals surface area contributed by atoms with E-state index < -0.39 is 5.97 Å². The smallest absolute Gasteiger partial charge is 0.341 e. The van der Waals surface area contributed by atoms with Gasteiger partial charge in [0.05, 0.1) is 12.7 Å². The number of hydrogen-bond donors (Lipinski definition) is 1. The van der Waals surface area contributed by atoms with Gasteiger partial charge in [0.2, 0.25) is 6.54 Å². The van der Waals surface area contributed by atoms with E-state index in [9.17, 15) is 9.59 Å². The van der Waals surface area contributed by atoms with Crippen LogP contribution in [0.5, 0.6) is 0 Å². The predicted molar refractivity (Wildman–Crippen MR) is 104 cm³/mol. The number of amides is 1. The molecule has 2 aromatic rings. The molecule has 0 aliphatic rings. The van der Waals surface area contributed by atoms with E-state index >= 15 is 0 Å². The summed E-state index contributed by atoms with van der Waals surface area (Å²) in [7, 11) is 1.34. The molecule has 0 radical (unpaired) electrons. The van der Waals surface area contributed by atoms with Gasteiger partial charge in [-0.15, -0.1) is 11.3 Å². The van der Waals surface area contributed by atoms with E-state index in [-0.39, 0.29) is 12.5 Å². The first-order valence-electron chi connectivity index (χ1n) is 8.88. The molecule has 0 unspecified atom stereocenters. The minimum Gasteiger partial charge on any atom is -0.465 e. The van der Waals surface area contributed by atoms with Crippen molar-refractivity contribution in [1.29, 1.82) is 0 Å². The summed E-state index contributed by atoms with van der Waals surface area (Å²) in [4.78, 5) is 25.4. The average Bonchev–Trinajstić information content (AvgIpc) is 2.90. The van der Waals surface area contributed by atoms with Crippen molar-refractivity contribution in [2.75, 3.05) is 12.4 Å². The van der Waals surface area contributed by atoms with Gasteiger partial charge >= 0.3 is 5.97 Å². The summed E-state index contributed by atoms with van der Waals surface area (Å²) in [6.07, 6.45) is 6.07. The van der Waals surface area contributed by atoms with Crippen molar-refractivity contribution in [2.24, 2.45) is 0 Å². The number of carbonyl (C=O) groups is 2. The van der Waals surface area contributed by atoms with Gasteiger partial charge < -0.3 is 10.1 Å². The van der Waals surface area contributed by atoms with Crippen LogP contribution in [0, 0.1) is 13.8 Å². The normalized spacial score (nSPS) is 10.8. The molecular formula is C20H27N2O3S+. The number of nitrogens with one attached hydrogen (secondary N) is 1. The first-order chi connectivity index (χ1) is 12.4. The van der Waals surface area contributed by atoms with E-state index in [1.54, 1.807) is 0 Å². The molecule has 140 valence electrons. The molecule has 0 saturated heterocycles. The number of carbonyl (C=O) groups excluding carboxylic acids is 2. The van der Waals surface area contributed by atoms with Crippen molar-refractivity contribution in [3.63, 3.8) is 0 Å². The summed E-state index contributed by atoms with van der Waals surface area (Å²) in [5.74, 6) is -0.0424. The largest absolute Gasteiger partial charge is 0.465 e. The third-order valence-electron chi connectivity index (χ3n) is 4.73. The Labute approximate surface area is 159 Å². The number of aromatic nitrogens is 1. The second-order valence-corrected chi connectivity index (χ2v) is 7.57. The number of rotatable bonds is 7. The van der Waals surface area contributed by atoms with Crippen LogP contribution in [-0.4, -0.2) is 19.0 Å². The Balaban J connectivity index is 2.10. The summed E-state index contributed by atoms with van der Waals surface area (Å²) < 4.78 is 6.68. The zero-order chi connectivity index (χ0) is 19.3. The number of esters is 1. The van der Waals surface area contributed by atoms with Gasteiger partial charge in [0.25, 0.3) is 5.91 Å². The topological polar surface area (TPSA) is 59.3 Å². The van der Waals surface area contributed by atoms with Crippen molar-refractivity contribution in [1.82, 2.24) is 0 Å². The lowest BCUT2D eigenvalue weighted by atomic mass is 9.95. The second-order valence-electron chi connectivity index (χ2n) is 6.34. The Bertz CT molecular complexity index is 777. The van der Waals surface area contributed by atoms with Crippen molar-refractivity contribution in [2.45, 2.75) is 53.0 Å². The maximum atomic E-state index is 12.4. The Morgan fingerprint density at radius 3 is 2.35 bits per heavy atom. The van der Waals surface area contributed by atoms with Gasteiger partial charge in [-0.1, -0.05) is 13.8 Å². The predicted octanol–water partition coefficient (Wildman–Crippen LogP) is 3.98. The number of hydrogen-bond acceptors (Lipinski definition) is 4. The Morgan fingerprint density at radius 1 is 1.19 bits per heavy atom. The van der Waals surface area contributed by atoms with Crippen LogP contribution < -0.4 is 9.88 Å². The third-order valence-corrected chi connectivity index (χ3v) is 5.85. The fourth-order valence-electron chi connectivity index (χ4n) is 3.00. The Morgan fingerprint density at radius 2 is 1.81 bits per heavy atom. The Kier molecular flexibility index (Phi) is 6.91. The monoisotopic (exact) mass is 375 g/mol. The Hall–Kier alpha value is -2.21. The quantitative estimate of drug-likeness (QED) is 0.588. The highest BCUT2D eigenvalue weighted by Gasteiger charge is 2.22. The highest BCUT2D eigenvalue weighted by atomic mass is 32.1. The van der Waals surface area contributed by atoms with Crippen LogP contribution in [0.15, 0.2) is 24.5 Å². The molecule has 2 heterocycles. The van der Waals surface area contributed by atoms with Crippen LogP contribution in [0.3, 0.4) is 0 Å². The molecule has 0 aliphatic carbocycles. The van der Waals surface area contributed by atoms with E-state index in [1.165, 1.54) is 24.0 Å². The van der Waals surface area contributed by atoms with E-state index in [1.807, 2.05) is 30.8 Å². The lowest BCUT2D eigenvalue weighted by molar-refractivity contribution is -0.684. The number of anilines is 1. The third kappa shape index (κ3) is 4.49. The molecular weight excluding hydrogens is 348 g/mol. The molecule has 5 nitrogen and oxygen atoms in total. The van der Waals surface area contributed by atoms with Gasteiger partial charge in [-0.3, -0.25) is 4.79 Å². The second kappa shape index (κ2) is 8.94. The van der Waals surface area contributed by atoms with Crippen LogP contribution in [0.4, 0.5) is 5.00 Å². The van der Waals surface area contributed by atoms with Crippen LogP contribution in [0.2, 0.25) is 0 Å². The fraction of sp³-hybridized carbons (Fsp3) is 0.450. The highest BCUT2D eigenvalue weighted by molar-refractivity contribution is 7.16. The summed E-state index contributed by atoms with van der Waals surface area (Å²) in [5, 5.41) is 3.40. The highest BCUT2D eigenvalue weighted by Crippen LogP contribution is 2.32. The number of methoxy groups -OCH3 is 1. The number of nitrogens with zero attached hydrogens (tertiary/aromatic N) is 1. The maximum absolute atomic E-state index is 12.4. The minimum absolute atomic E-state index is 0.170. The molecule has 0 bridgehead atoms. The van der Waals surface area contributed by atoms with Gasteiger partial charge in [0.1, 0.15) is 5.00 Å². The van der Waals surface area contributed by atoms with Crippen LogP contribution in [-0.2, 0) is 16.1 Å². The van der Waals surface area contributed by atoms with Gasteiger partial charge in [-0.2, -0.15) is 4.57 Å². The fourth-order valence-corrected chi connectivity index (χ4v) is 4.07. The van der Waals surface area contributed by atoms with Crippen molar-refractivity contribution in [3.05, 3.63) is 46.1 Å². The maximum Gasteiger partial charge on any atom is 0.341 e. The van der Waals surface area contributed by atoms with Gasteiger partial charge in [0, 0.05) is 17.0 Å². The number of thiophene rings is 1. The molecule has 1 N–H and O–H groups in total. The zero-order valence-corrected chi connectivity index (χ0v) is 16.9. The first-order valence-corrected chi connectivity index (χ1v) is 9.69. The lowest BCUT2D eigenvalue weighted by Gasteiger charge is -2.11. The SMILES string of the molecule is CCC(CC)c1cc[n+](CC(=O)Nc2sc(C)c(C)c2C(=O)OC)cc1. The van der Waals surface area contributed by atoms with E-state index in [0.29, 0.717) is 16.5 Å². The average molecular weight is 376 g/mol. The molecule has 0 spiro atoms. The van der Waals surface area contributed by atoms with Gasteiger partial charge in [0.15, 0.2) is 12.4 Å². The molecule has 1 amide bonds. The number of aryl methyl sites for hydroxylation is 1. The van der Waals surface area contributed by atoms with Crippen molar-refractivity contribution in [3.8, 4) is 0 Å². The summed E-state index contributed by atoms with van der Waals surface area (Å²) >= 11 is 1.39. The molecule has 0 aromatic carbocycles. The molecule has 0 atom stereocenters. The number of ether oxygens (including phenoxy) is 1. The minimum atomic E-state index is -0.427. The molecule has 2 rings (SSSR count). The molecule has 0 fully saturated rings. The molecule has 0 aliphatic heterocycles. The van der Waals surface area contributed by atoms with Crippen molar-refractivity contribution >= 4 is 28.2 Å². The van der Waals surface area contributed by atoms with Crippen molar-refractivity contribution < 1.29 is 18.9 Å². The summed E-state index contributed by atoms with van der Waals surface area (Å²) in [6.45, 7) is 8.35. The molecule has 26 heavy (non-hydrogen) atoms. The lowest BCUT2D eigenvalue weighted by Crippen LogP contribution is -2.39. The van der Waals surface area contributed by atoms with Gasteiger partial charge in [-0.25, -0.2) is 4.79 Å². The van der Waals surface area contributed by atoms with E-state index in [4.69, 9.17) is 4.74 Å². The summed E-state index contributed by atoms with van der Waals surface area (Å²) in [5.41, 5.74) is 2.58. The molecule has 2 aromatic heterocycles. The summed E-state index contributed by atoms with van der Waals surface area (Å²) in [6, 6.07) is 4.15.